The molecular weight excluding hydrogens is 369 g/mol. The second-order valence-electron chi connectivity index (χ2n) is 6.70. The van der Waals surface area contributed by atoms with Gasteiger partial charge in [-0.1, -0.05) is 36.4 Å². The highest BCUT2D eigenvalue weighted by atomic mass is 35.5. The number of nitrogens with one attached hydrogen (secondary N) is 1. The molecule has 2 aromatic carbocycles. The lowest BCUT2D eigenvalue weighted by atomic mass is 10.0. The number of aliphatic hydroxyl groups excluding tert-OH is 1. The molecule has 0 radical (unpaired) electrons. The van der Waals surface area contributed by atoms with Crippen LogP contribution in [0.2, 0.25) is 0 Å². The highest BCUT2D eigenvalue weighted by molar-refractivity contribution is 5.85. The van der Waals surface area contributed by atoms with Crippen LogP contribution in [0.1, 0.15) is 31.5 Å². The summed E-state index contributed by atoms with van der Waals surface area (Å²) in [6, 6.07) is 13.1. The summed E-state index contributed by atoms with van der Waals surface area (Å²) in [6.45, 7) is 4.05. The van der Waals surface area contributed by atoms with Crippen LogP contribution >= 0.6 is 12.4 Å². The van der Waals surface area contributed by atoms with Crippen LogP contribution in [0.5, 0.6) is 0 Å². The van der Waals surface area contributed by atoms with Gasteiger partial charge in [-0.25, -0.2) is 9.18 Å². The molecule has 27 heavy (non-hydrogen) atoms. The summed E-state index contributed by atoms with van der Waals surface area (Å²) in [5.41, 5.74) is 1.17. The topological polar surface area (TPSA) is 59.2 Å². The fourth-order valence-electron chi connectivity index (χ4n) is 3.52. The minimum absolute atomic E-state index is 0. The van der Waals surface area contributed by atoms with Crippen molar-refractivity contribution in [2.24, 2.45) is 0 Å². The van der Waals surface area contributed by atoms with E-state index in [1.165, 1.54) is 10.6 Å². The van der Waals surface area contributed by atoms with Gasteiger partial charge in [0.25, 0.3) is 0 Å². The van der Waals surface area contributed by atoms with Crippen molar-refractivity contribution >= 4 is 23.4 Å². The third-order valence-electron chi connectivity index (χ3n) is 4.59. The van der Waals surface area contributed by atoms with Crippen LogP contribution in [0, 0.1) is 5.82 Å². The highest BCUT2D eigenvalue weighted by Crippen LogP contribution is 2.28. The Kier molecular flexibility index (Phi) is 6.81. The number of likely N-dealkylation sites (N-methyl/N-ethyl adjacent to an activating group) is 1. The summed E-state index contributed by atoms with van der Waals surface area (Å²) in [5.74, 6) is -0.475. The number of halogens is 2. The zero-order valence-electron chi connectivity index (χ0n) is 15.6. The number of nitrogens with zero attached hydrogens (tertiary/aromatic N) is 2. The van der Waals surface area contributed by atoms with E-state index in [1.807, 2.05) is 44.2 Å². The van der Waals surface area contributed by atoms with Crippen LogP contribution in [-0.4, -0.2) is 33.9 Å². The average molecular weight is 394 g/mol. The molecule has 0 saturated carbocycles. The number of aliphatic hydroxyl groups is 1. The predicted molar refractivity (Wildman–Crippen MR) is 108 cm³/mol. The molecule has 0 amide bonds. The summed E-state index contributed by atoms with van der Waals surface area (Å²) >= 11 is 0. The SMILES string of the molecule is CNC[C@H](O)[C@H](c1ccccc1)n1c(=O)n(C(C)C)c2cccc(F)c21.Cl. The van der Waals surface area contributed by atoms with E-state index >= 15 is 0 Å². The number of fused-ring (bicyclic) bond motifs is 1. The van der Waals surface area contributed by atoms with E-state index in [-0.39, 0.29) is 36.2 Å². The molecule has 0 fully saturated rings. The Bertz CT molecular complexity index is 953. The molecule has 1 heterocycles. The number of benzene rings is 2. The molecule has 0 aliphatic rings. The number of hydrogen-bond acceptors (Lipinski definition) is 3. The number of para-hydroxylation sites is 1. The maximum atomic E-state index is 14.8. The molecule has 2 atom stereocenters. The molecule has 0 unspecified atom stereocenters. The lowest BCUT2D eigenvalue weighted by Crippen LogP contribution is -2.39. The molecule has 3 aromatic rings. The van der Waals surface area contributed by atoms with Crippen molar-refractivity contribution in [1.29, 1.82) is 0 Å². The zero-order valence-corrected chi connectivity index (χ0v) is 16.4. The van der Waals surface area contributed by atoms with Gasteiger partial charge in [-0.3, -0.25) is 9.13 Å². The van der Waals surface area contributed by atoms with Gasteiger partial charge in [0.2, 0.25) is 0 Å². The van der Waals surface area contributed by atoms with Gasteiger partial charge in [-0.2, -0.15) is 0 Å². The van der Waals surface area contributed by atoms with Gasteiger partial charge in [0, 0.05) is 12.6 Å². The molecule has 146 valence electrons. The third kappa shape index (κ3) is 3.78. The maximum absolute atomic E-state index is 14.8. The summed E-state index contributed by atoms with van der Waals surface area (Å²) in [4.78, 5) is 13.2. The summed E-state index contributed by atoms with van der Waals surface area (Å²) in [6.07, 6.45) is -0.897. The molecule has 0 aliphatic heterocycles. The summed E-state index contributed by atoms with van der Waals surface area (Å²) < 4.78 is 17.7. The molecule has 2 N–H and O–H groups in total. The number of rotatable bonds is 6. The Morgan fingerprint density at radius 2 is 1.74 bits per heavy atom. The molecular formula is C20H25ClFN3O2. The van der Waals surface area contributed by atoms with Gasteiger partial charge < -0.3 is 10.4 Å². The van der Waals surface area contributed by atoms with Gasteiger partial charge in [0.1, 0.15) is 11.3 Å². The maximum Gasteiger partial charge on any atom is 0.330 e. The molecule has 0 aliphatic carbocycles. The first-order valence-corrected chi connectivity index (χ1v) is 8.76. The van der Waals surface area contributed by atoms with Crippen molar-refractivity contribution in [2.45, 2.75) is 32.0 Å². The Morgan fingerprint density at radius 3 is 2.33 bits per heavy atom. The standard InChI is InChI=1S/C20H24FN3O2.ClH/c1-13(2)23-16-11-7-10-15(21)19(16)24(20(23)26)18(17(25)12-22-3)14-8-5-4-6-9-14;/h4-11,13,17-18,22,25H,12H2,1-3H3;1H/t17-,18-;/m0./s1. The van der Waals surface area contributed by atoms with Crippen LogP contribution in [-0.2, 0) is 0 Å². The van der Waals surface area contributed by atoms with E-state index in [2.05, 4.69) is 5.32 Å². The molecule has 7 heteroatoms. The second kappa shape index (κ2) is 8.69. The zero-order chi connectivity index (χ0) is 18.8. The molecule has 3 rings (SSSR count). The van der Waals surface area contributed by atoms with E-state index < -0.39 is 18.0 Å². The minimum Gasteiger partial charge on any atom is -0.389 e. The van der Waals surface area contributed by atoms with Gasteiger partial charge in [-0.15, -0.1) is 12.4 Å². The second-order valence-corrected chi connectivity index (χ2v) is 6.70. The first-order chi connectivity index (χ1) is 12.5. The van der Waals surface area contributed by atoms with E-state index in [4.69, 9.17) is 0 Å². The smallest absolute Gasteiger partial charge is 0.330 e. The van der Waals surface area contributed by atoms with Gasteiger partial charge in [0.15, 0.2) is 0 Å². The van der Waals surface area contributed by atoms with Crippen molar-refractivity contribution in [1.82, 2.24) is 14.5 Å². The van der Waals surface area contributed by atoms with E-state index in [0.717, 1.165) is 5.56 Å². The lowest BCUT2D eigenvalue weighted by molar-refractivity contribution is 0.130. The lowest BCUT2D eigenvalue weighted by Gasteiger charge is -2.25. The fourth-order valence-corrected chi connectivity index (χ4v) is 3.52. The number of aromatic nitrogens is 2. The first-order valence-electron chi connectivity index (χ1n) is 8.76. The molecule has 5 nitrogen and oxygen atoms in total. The van der Waals surface area contributed by atoms with E-state index in [1.54, 1.807) is 23.7 Å². The van der Waals surface area contributed by atoms with Crippen LogP contribution in [0.25, 0.3) is 11.0 Å². The van der Waals surface area contributed by atoms with Crippen LogP contribution in [0.15, 0.2) is 53.3 Å². The minimum atomic E-state index is -0.897. The van der Waals surface area contributed by atoms with Crippen LogP contribution < -0.4 is 11.0 Å². The van der Waals surface area contributed by atoms with E-state index in [0.29, 0.717) is 5.52 Å². The third-order valence-corrected chi connectivity index (χ3v) is 4.59. The van der Waals surface area contributed by atoms with Crippen LogP contribution in [0.4, 0.5) is 4.39 Å². The monoisotopic (exact) mass is 393 g/mol. The first kappa shape index (κ1) is 21.2. The average Bonchev–Trinajstić information content (AvgIpc) is 2.90. The molecule has 1 aromatic heterocycles. The fraction of sp³-hybridized carbons (Fsp3) is 0.350. The van der Waals surface area contributed by atoms with E-state index in [9.17, 15) is 14.3 Å². The van der Waals surface area contributed by atoms with Crippen molar-refractivity contribution in [2.75, 3.05) is 13.6 Å². The van der Waals surface area contributed by atoms with Crippen LogP contribution in [0.3, 0.4) is 0 Å². The molecule has 0 spiro atoms. The van der Waals surface area contributed by atoms with Crippen molar-refractivity contribution in [3.63, 3.8) is 0 Å². The number of imidazole rings is 1. The highest BCUT2D eigenvalue weighted by Gasteiger charge is 2.29. The molecule has 0 bridgehead atoms. The Balaban J connectivity index is 0.00000261. The summed E-state index contributed by atoms with van der Waals surface area (Å²) in [7, 11) is 1.73. The Morgan fingerprint density at radius 1 is 1.07 bits per heavy atom. The van der Waals surface area contributed by atoms with Crippen molar-refractivity contribution < 1.29 is 9.50 Å². The normalized spacial score (nSPS) is 13.6. The van der Waals surface area contributed by atoms with Gasteiger partial charge in [0.05, 0.1) is 17.7 Å². The largest absolute Gasteiger partial charge is 0.389 e. The van der Waals surface area contributed by atoms with Gasteiger partial charge in [-0.05, 0) is 38.6 Å². The quantitative estimate of drug-likeness (QED) is 0.676. The molecule has 0 saturated heterocycles. The van der Waals surface area contributed by atoms with Crippen molar-refractivity contribution in [3.05, 3.63) is 70.4 Å². The number of hydrogen-bond donors (Lipinski definition) is 2. The van der Waals surface area contributed by atoms with Crippen molar-refractivity contribution in [3.8, 4) is 0 Å². The summed E-state index contributed by atoms with van der Waals surface area (Å²) in [5, 5.41) is 13.7. The Hall–Kier alpha value is -2.15. The van der Waals surface area contributed by atoms with Gasteiger partial charge >= 0.3 is 5.69 Å². The predicted octanol–water partition coefficient (Wildman–Crippen LogP) is 3.11. The Labute approximate surface area is 163 Å².